The van der Waals surface area contributed by atoms with Gasteiger partial charge in [0.25, 0.3) is 0 Å². The lowest BCUT2D eigenvalue weighted by Gasteiger charge is -2.35. The van der Waals surface area contributed by atoms with Crippen molar-refractivity contribution in [3.8, 4) is 0 Å². The van der Waals surface area contributed by atoms with Crippen LogP contribution in [0.5, 0.6) is 0 Å². The van der Waals surface area contributed by atoms with Crippen LogP contribution in [0.15, 0.2) is 24.4 Å². The summed E-state index contributed by atoms with van der Waals surface area (Å²) >= 11 is 0. The lowest BCUT2D eigenvalue weighted by Crippen LogP contribution is -2.53. The number of carbonyl (C=O) groups is 2. The van der Waals surface area contributed by atoms with Gasteiger partial charge in [-0.05, 0) is 18.1 Å². The van der Waals surface area contributed by atoms with Gasteiger partial charge in [-0.25, -0.2) is 4.98 Å². The zero-order valence-electron chi connectivity index (χ0n) is 14.4. The van der Waals surface area contributed by atoms with Crippen LogP contribution in [0, 0.1) is 5.92 Å². The topological polar surface area (TPSA) is 91.6 Å². The van der Waals surface area contributed by atoms with E-state index in [1.807, 2.05) is 32.0 Å². The second-order valence-electron chi connectivity index (χ2n) is 6.28. The SMILES string of the molecule is CCC(C)C(NC(=O)CN1CCN(c2ccccn2)CC1)C(N)=O. The first-order chi connectivity index (χ1) is 11.5. The van der Waals surface area contributed by atoms with E-state index in [1.165, 1.54) is 0 Å². The minimum absolute atomic E-state index is 0.0347. The molecule has 1 aromatic rings. The Morgan fingerprint density at radius 2 is 2.00 bits per heavy atom. The number of hydrogen-bond donors (Lipinski definition) is 2. The molecule has 2 atom stereocenters. The zero-order chi connectivity index (χ0) is 17.5. The minimum atomic E-state index is -0.600. The molecular formula is C17H27N5O2. The van der Waals surface area contributed by atoms with Gasteiger partial charge < -0.3 is 16.0 Å². The quantitative estimate of drug-likeness (QED) is 0.745. The Hall–Kier alpha value is -2.15. The second kappa shape index (κ2) is 8.63. The number of nitrogens with one attached hydrogen (secondary N) is 1. The van der Waals surface area contributed by atoms with Crippen molar-refractivity contribution >= 4 is 17.6 Å². The van der Waals surface area contributed by atoms with Crippen LogP contribution in [0.25, 0.3) is 0 Å². The molecule has 24 heavy (non-hydrogen) atoms. The molecule has 0 saturated carbocycles. The van der Waals surface area contributed by atoms with Crippen molar-refractivity contribution in [1.29, 1.82) is 0 Å². The van der Waals surface area contributed by atoms with E-state index in [4.69, 9.17) is 5.73 Å². The predicted molar refractivity (Wildman–Crippen MR) is 93.5 cm³/mol. The number of nitrogens with zero attached hydrogens (tertiary/aromatic N) is 3. The van der Waals surface area contributed by atoms with Crippen LogP contribution < -0.4 is 16.0 Å². The molecule has 1 fully saturated rings. The average Bonchev–Trinajstić information content (AvgIpc) is 2.60. The van der Waals surface area contributed by atoms with Crippen molar-refractivity contribution in [2.75, 3.05) is 37.6 Å². The van der Waals surface area contributed by atoms with E-state index >= 15 is 0 Å². The number of primary amides is 1. The maximum Gasteiger partial charge on any atom is 0.240 e. The van der Waals surface area contributed by atoms with Gasteiger partial charge in [0.1, 0.15) is 11.9 Å². The van der Waals surface area contributed by atoms with Crippen LogP contribution in [0.2, 0.25) is 0 Å². The summed E-state index contributed by atoms with van der Waals surface area (Å²) in [5, 5.41) is 2.78. The lowest BCUT2D eigenvalue weighted by molar-refractivity contribution is -0.129. The summed E-state index contributed by atoms with van der Waals surface area (Å²) in [5.74, 6) is 0.377. The molecule has 1 aliphatic heterocycles. The maximum atomic E-state index is 12.2. The van der Waals surface area contributed by atoms with Crippen LogP contribution in [0.1, 0.15) is 20.3 Å². The number of amides is 2. The summed E-state index contributed by atoms with van der Waals surface area (Å²) in [4.78, 5) is 32.4. The molecule has 132 valence electrons. The summed E-state index contributed by atoms with van der Waals surface area (Å²) in [6, 6.07) is 5.26. The molecule has 2 amide bonds. The van der Waals surface area contributed by atoms with E-state index in [9.17, 15) is 9.59 Å². The molecule has 7 nitrogen and oxygen atoms in total. The highest BCUT2D eigenvalue weighted by atomic mass is 16.2. The fraction of sp³-hybridized carbons (Fsp3) is 0.588. The third-order valence-corrected chi connectivity index (χ3v) is 4.55. The van der Waals surface area contributed by atoms with Gasteiger partial charge in [0.05, 0.1) is 6.54 Å². The Labute approximate surface area is 143 Å². The van der Waals surface area contributed by atoms with Gasteiger partial charge in [-0.1, -0.05) is 26.3 Å². The van der Waals surface area contributed by atoms with Crippen molar-refractivity contribution in [2.24, 2.45) is 11.7 Å². The smallest absolute Gasteiger partial charge is 0.240 e. The first kappa shape index (κ1) is 18.2. The number of anilines is 1. The van der Waals surface area contributed by atoms with E-state index in [1.54, 1.807) is 6.20 Å². The average molecular weight is 333 g/mol. The third kappa shape index (κ3) is 4.92. The van der Waals surface area contributed by atoms with Crippen LogP contribution in [-0.2, 0) is 9.59 Å². The fourth-order valence-corrected chi connectivity index (χ4v) is 2.83. The molecule has 2 rings (SSSR count). The number of aromatic nitrogens is 1. The molecule has 7 heteroatoms. The second-order valence-corrected chi connectivity index (χ2v) is 6.28. The Morgan fingerprint density at radius 1 is 1.29 bits per heavy atom. The first-order valence-corrected chi connectivity index (χ1v) is 8.48. The molecule has 0 aliphatic carbocycles. The summed E-state index contributed by atoms with van der Waals surface area (Å²) in [6.45, 7) is 7.41. The summed E-state index contributed by atoms with van der Waals surface area (Å²) in [5.41, 5.74) is 5.40. The maximum absolute atomic E-state index is 12.2. The van der Waals surface area contributed by atoms with Gasteiger partial charge in [0.2, 0.25) is 11.8 Å². The molecule has 2 heterocycles. The van der Waals surface area contributed by atoms with Crippen LogP contribution in [-0.4, -0.2) is 60.5 Å². The molecule has 0 aromatic carbocycles. The van der Waals surface area contributed by atoms with Crippen molar-refractivity contribution in [2.45, 2.75) is 26.3 Å². The molecule has 0 spiro atoms. The van der Waals surface area contributed by atoms with Gasteiger partial charge in [0, 0.05) is 32.4 Å². The standard InChI is InChI=1S/C17H27N5O2/c1-3-13(2)16(17(18)24)20-15(23)12-21-8-10-22(11-9-21)14-6-4-5-7-19-14/h4-7,13,16H,3,8-12H2,1-2H3,(H2,18,24)(H,20,23). The predicted octanol–water partition coefficient (Wildman–Crippen LogP) is 0.220. The van der Waals surface area contributed by atoms with Crippen molar-refractivity contribution in [1.82, 2.24) is 15.2 Å². The Balaban J connectivity index is 1.80. The van der Waals surface area contributed by atoms with Gasteiger partial charge in [-0.3, -0.25) is 14.5 Å². The number of hydrogen-bond acceptors (Lipinski definition) is 5. The normalized spacial score (nSPS) is 18.0. The molecule has 1 aliphatic rings. The van der Waals surface area contributed by atoms with E-state index in [-0.39, 0.29) is 18.4 Å². The number of nitrogens with two attached hydrogens (primary N) is 1. The lowest BCUT2D eigenvalue weighted by atomic mass is 9.98. The van der Waals surface area contributed by atoms with Gasteiger partial charge in [0.15, 0.2) is 0 Å². The van der Waals surface area contributed by atoms with E-state index in [0.29, 0.717) is 0 Å². The largest absolute Gasteiger partial charge is 0.368 e. The van der Waals surface area contributed by atoms with E-state index in [2.05, 4.69) is 20.1 Å². The Kier molecular flexibility index (Phi) is 6.54. The number of carbonyl (C=O) groups excluding carboxylic acids is 2. The van der Waals surface area contributed by atoms with E-state index in [0.717, 1.165) is 38.4 Å². The highest BCUT2D eigenvalue weighted by Gasteiger charge is 2.25. The number of pyridine rings is 1. The van der Waals surface area contributed by atoms with Crippen molar-refractivity contribution in [3.05, 3.63) is 24.4 Å². The number of rotatable bonds is 7. The van der Waals surface area contributed by atoms with Crippen LogP contribution in [0.3, 0.4) is 0 Å². The third-order valence-electron chi connectivity index (χ3n) is 4.55. The van der Waals surface area contributed by atoms with Gasteiger partial charge >= 0.3 is 0 Å². The zero-order valence-corrected chi connectivity index (χ0v) is 14.4. The molecule has 1 saturated heterocycles. The highest BCUT2D eigenvalue weighted by Crippen LogP contribution is 2.12. The molecule has 0 bridgehead atoms. The van der Waals surface area contributed by atoms with Crippen LogP contribution in [0.4, 0.5) is 5.82 Å². The van der Waals surface area contributed by atoms with Gasteiger partial charge in [-0.15, -0.1) is 0 Å². The fourth-order valence-electron chi connectivity index (χ4n) is 2.83. The summed E-state index contributed by atoms with van der Waals surface area (Å²) < 4.78 is 0. The van der Waals surface area contributed by atoms with E-state index < -0.39 is 11.9 Å². The molecule has 3 N–H and O–H groups in total. The molecular weight excluding hydrogens is 306 g/mol. The number of piperazine rings is 1. The van der Waals surface area contributed by atoms with Gasteiger partial charge in [-0.2, -0.15) is 0 Å². The molecule has 1 aromatic heterocycles. The monoisotopic (exact) mass is 333 g/mol. The first-order valence-electron chi connectivity index (χ1n) is 8.48. The molecule has 0 radical (unpaired) electrons. The van der Waals surface area contributed by atoms with Crippen LogP contribution >= 0.6 is 0 Å². The minimum Gasteiger partial charge on any atom is -0.368 e. The highest BCUT2D eigenvalue weighted by molar-refractivity contribution is 5.87. The van der Waals surface area contributed by atoms with Crippen molar-refractivity contribution in [3.63, 3.8) is 0 Å². The summed E-state index contributed by atoms with van der Waals surface area (Å²) in [6.07, 6.45) is 2.57. The summed E-state index contributed by atoms with van der Waals surface area (Å²) in [7, 11) is 0. The molecule has 2 unspecified atom stereocenters. The van der Waals surface area contributed by atoms with Crippen molar-refractivity contribution < 1.29 is 9.59 Å². The Morgan fingerprint density at radius 3 is 2.54 bits per heavy atom. The Bertz CT molecular complexity index is 543.